The maximum atomic E-state index is 4.41. The molecular formula is C14H16N4. The monoisotopic (exact) mass is 240 g/mol. The fraction of sp³-hybridized carbons (Fsp3) is 0.286. The van der Waals surface area contributed by atoms with Crippen molar-refractivity contribution in [2.75, 3.05) is 0 Å². The van der Waals surface area contributed by atoms with E-state index in [9.17, 15) is 0 Å². The summed E-state index contributed by atoms with van der Waals surface area (Å²) in [7, 11) is 0. The minimum absolute atomic E-state index is 0.617. The second-order valence-electron chi connectivity index (χ2n) is 4.70. The minimum atomic E-state index is 0.617. The van der Waals surface area contributed by atoms with Crippen LogP contribution in [0.15, 0.2) is 37.2 Å². The maximum Gasteiger partial charge on any atom is 0.153 e. The Kier molecular flexibility index (Phi) is 2.63. The smallest absolute Gasteiger partial charge is 0.153 e. The predicted molar refractivity (Wildman–Crippen MR) is 71.3 cm³/mol. The molecule has 2 aromatic rings. The van der Waals surface area contributed by atoms with Crippen LogP contribution in [0.5, 0.6) is 0 Å². The zero-order chi connectivity index (χ0) is 12.5. The number of rotatable bonds is 4. The summed E-state index contributed by atoms with van der Waals surface area (Å²) in [5, 5.41) is 7.71. The second-order valence-corrected chi connectivity index (χ2v) is 4.70. The molecule has 2 aromatic heterocycles. The van der Waals surface area contributed by atoms with Crippen molar-refractivity contribution in [2.45, 2.75) is 25.8 Å². The van der Waals surface area contributed by atoms with E-state index in [1.165, 1.54) is 12.8 Å². The van der Waals surface area contributed by atoms with Crippen LogP contribution in [-0.4, -0.2) is 20.8 Å². The van der Waals surface area contributed by atoms with Crippen molar-refractivity contribution in [3.8, 4) is 5.82 Å². The molecule has 3 rings (SSSR count). The Morgan fingerprint density at radius 1 is 1.39 bits per heavy atom. The van der Waals surface area contributed by atoms with Gasteiger partial charge in [0.25, 0.3) is 0 Å². The third kappa shape index (κ3) is 2.27. The molecule has 0 atom stereocenters. The van der Waals surface area contributed by atoms with Crippen LogP contribution in [0, 0.1) is 6.92 Å². The highest BCUT2D eigenvalue weighted by Gasteiger charge is 2.21. The van der Waals surface area contributed by atoms with Crippen molar-refractivity contribution < 1.29 is 0 Å². The van der Waals surface area contributed by atoms with E-state index in [0.29, 0.717) is 6.04 Å². The minimum Gasteiger partial charge on any atom is -0.382 e. The van der Waals surface area contributed by atoms with Crippen molar-refractivity contribution in [3.05, 3.63) is 48.4 Å². The Hall–Kier alpha value is -2.10. The number of aryl methyl sites for hydroxylation is 1. The third-order valence-corrected chi connectivity index (χ3v) is 3.01. The van der Waals surface area contributed by atoms with Gasteiger partial charge in [0.15, 0.2) is 5.82 Å². The van der Waals surface area contributed by atoms with E-state index in [1.807, 2.05) is 37.5 Å². The summed E-state index contributed by atoms with van der Waals surface area (Å²) in [6.45, 7) is 6.00. The van der Waals surface area contributed by atoms with Crippen LogP contribution in [-0.2, 0) is 0 Å². The summed E-state index contributed by atoms with van der Waals surface area (Å²) < 4.78 is 1.77. The van der Waals surface area contributed by atoms with Crippen molar-refractivity contribution in [1.82, 2.24) is 20.1 Å². The molecule has 0 radical (unpaired) electrons. The lowest BCUT2D eigenvalue weighted by Crippen LogP contribution is -2.13. The fourth-order valence-corrected chi connectivity index (χ4v) is 1.80. The van der Waals surface area contributed by atoms with Crippen molar-refractivity contribution in [3.63, 3.8) is 0 Å². The van der Waals surface area contributed by atoms with Gasteiger partial charge in [0.1, 0.15) is 0 Å². The Morgan fingerprint density at radius 2 is 2.22 bits per heavy atom. The van der Waals surface area contributed by atoms with Gasteiger partial charge in [0.05, 0.1) is 5.69 Å². The molecule has 0 amide bonds. The van der Waals surface area contributed by atoms with E-state index >= 15 is 0 Å². The van der Waals surface area contributed by atoms with Crippen LogP contribution in [0.1, 0.15) is 24.1 Å². The van der Waals surface area contributed by atoms with Crippen LogP contribution in [0.25, 0.3) is 11.5 Å². The first-order valence-electron chi connectivity index (χ1n) is 6.17. The second kappa shape index (κ2) is 4.29. The van der Waals surface area contributed by atoms with E-state index in [1.54, 1.807) is 4.68 Å². The average Bonchev–Trinajstić information content (AvgIpc) is 3.09. The van der Waals surface area contributed by atoms with Gasteiger partial charge in [0.2, 0.25) is 0 Å². The number of hydrogen-bond donors (Lipinski definition) is 1. The summed E-state index contributed by atoms with van der Waals surface area (Å²) in [5.74, 6) is 0.825. The highest BCUT2D eigenvalue weighted by molar-refractivity contribution is 5.61. The molecule has 4 heteroatoms. The van der Waals surface area contributed by atoms with Crippen LogP contribution in [0.3, 0.4) is 0 Å². The first kappa shape index (κ1) is 11.0. The van der Waals surface area contributed by atoms with E-state index in [2.05, 4.69) is 22.0 Å². The van der Waals surface area contributed by atoms with Crippen molar-refractivity contribution in [2.24, 2.45) is 0 Å². The first-order valence-corrected chi connectivity index (χ1v) is 6.17. The van der Waals surface area contributed by atoms with Crippen LogP contribution in [0.4, 0.5) is 0 Å². The van der Waals surface area contributed by atoms with Crippen LogP contribution < -0.4 is 5.32 Å². The quantitative estimate of drug-likeness (QED) is 0.891. The number of pyridine rings is 1. The van der Waals surface area contributed by atoms with Crippen molar-refractivity contribution >= 4 is 5.70 Å². The molecule has 92 valence electrons. The molecule has 0 saturated heterocycles. The van der Waals surface area contributed by atoms with E-state index in [0.717, 1.165) is 22.8 Å². The van der Waals surface area contributed by atoms with Crippen LogP contribution in [0.2, 0.25) is 0 Å². The number of nitrogens with zero attached hydrogens (tertiary/aromatic N) is 3. The largest absolute Gasteiger partial charge is 0.382 e. The summed E-state index contributed by atoms with van der Waals surface area (Å²) in [6, 6.07) is 6.56. The molecule has 2 heterocycles. The SMILES string of the molecule is C=C(NC1CC1)c1ccc(-n2ccc(C)n2)nc1. The zero-order valence-electron chi connectivity index (χ0n) is 10.4. The molecule has 1 fully saturated rings. The van der Waals surface area contributed by atoms with Gasteiger partial charge in [-0.05, 0) is 38.0 Å². The van der Waals surface area contributed by atoms with Gasteiger partial charge in [-0.25, -0.2) is 9.67 Å². The maximum absolute atomic E-state index is 4.41. The summed E-state index contributed by atoms with van der Waals surface area (Å²) in [6.07, 6.45) is 6.24. The average molecular weight is 240 g/mol. The van der Waals surface area contributed by atoms with Gasteiger partial charge in [-0.2, -0.15) is 5.10 Å². The van der Waals surface area contributed by atoms with Gasteiger partial charge >= 0.3 is 0 Å². The van der Waals surface area contributed by atoms with Gasteiger partial charge in [0, 0.05) is 29.7 Å². The Labute approximate surface area is 106 Å². The molecular weight excluding hydrogens is 224 g/mol. The lowest BCUT2D eigenvalue weighted by molar-refractivity contribution is 0.830. The highest BCUT2D eigenvalue weighted by atomic mass is 15.3. The van der Waals surface area contributed by atoms with E-state index in [-0.39, 0.29) is 0 Å². The summed E-state index contributed by atoms with van der Waals surface area (Å²) in [4.78, 5) is 4.41. The molecule has 0 bridgehead atoms. The molecule has 0 aliphatic heterocycles. The molecule has 18 heavy (non-hydrogen) atoms. The lowest BCUT2D eigenvalue weighted by Gasteiger charge is -2.08. The predicted octanol–water partition coefficient (Wildman–Crippen LogP) is 2.30. The van der Waals surface area contributed by atoms with Gasteiger partial charge in [-0.3, -0.25) is 0 Å². The topological polar surface area (TPSA) is 42.7 Å². The van der Waals surface area contributed by atoms with E-state index in [4.69, 9.17) is 0 Å². The standard InChI is InChI=1S/C14H16N4/c1-10-7-8-18(17-10)14-6-3-12(9-15-14)11(2)16-13-4-5-13/h3,6-9,13,16H,2,4-5H2,1H3. The molecule has 4 nitrogen and oxygen atoms in total. The first-order chi connectivity index (χ1) is 8.72. The van der Waals surface area contributed by atoms with Gasteiger partial charge in [-0.1, -0.05) is 6.58 Å². The van der Waals surface area contributed by atoms with Gasteiger partial charge < -0.3 is 5.32 Å². The zero-order valence-corrected chi connectivity index (χ0v) is 10.4. The normalized spacial score (nSPS) is 14.5. The van der Waals surface area contributed by atoms with E-state index < -0.39 is 0 Å². The van der Waals surface area contributed by atoms with Crippen molar-refractivity contribution in [1.29, 1.82) is 0 Å². The molecule has 1 saturated carbocycles. The lowest BCUT2D eigenvalue weighted by atomic mass is 10.2. The van der Waals surface area contributed by atoms with Crippen LogP contribution >= 0.6 is 0 Å². The molecule has 0 aromatic carbocycles. The Balaban J connectivity index is 1.77. The number of hydrogen-bond acceptors (Lipinski definition) is 3. The summed E-state index contributed by atoms with van der Waals surface area (Å²) in [5.41, 5.74) is 2.98. The number of aromatic nitrogens is 3. The van der Waals surface area contributed by atoms with Gasteiger partial charge in [-0.15, -0.1) is 0 Å². The number of nitrogens with one attached hydrogen (secondary N) is 1. The highest BCUT2D eigenvalue weighted by Crippen LogP contribution is 2.22. The molecule has 1 aliphatic rings. The fourth-order valence-electron chi connectivity index (χ4n) is 1.80. The molecule has 0 spiro atoms. The molecule has 1 N–H and O–H groups in total. The molecule has 1 aliphatic carbocycles. The molecule has 0 unspecified atom stereocenters. The third-order valence-electron chi connectivity index (χ3n) is 3.01. The Bertz CT molecular complexity index is 564. The Morgan fingerprint density at radius 3 is 2.78 bits per heavy atom. The summed E-state index contributed by atoms with van der Waals surface area (Å²) >= 11 is 0.